The van der Waals surface area contributed by atoms with Crippen molar-refractivity contribution in [3.8, 4) is 6.07 Å². The lowest BCUT2D eigenvalue weighted by atomic mass is 9.88. The fourth-order valence-electron chi connectivity index (χ4n) is 3.97. The van der Waals surface area contributed by atoms with Crippen LogP contribution in [0.15, 0.2) is 16.6 Å². The molecule has 0 saturated heterocycles. The Labute approximate surface area is 127 Å². The van der Waals surface area contributed by atoms with E-state index >= 15 is 0 Å². The van der Waals surface area contributed by atoms with E-state index in [0.717, 1.165) is 18.4 Å². The summed E-state index contributed by atoms with van der Waals surface area (Å²) in [5.74, 6) is 2.13. The second-order valence-corrected chi connectivity index (χ2v) is 6.98. The molecule has 20 heavy (non-hydrogen) atoms. The zero-order chi connectivity index (χ0) is 14.3. The molecule has 2 fully saturated rings. The third-order valence-corrected chi connectivity index (χ3v) is 5.76. The number of halogens is 2. The van der Waals surface area contributed by atoms with Gasteiger partial charge in [0.1, 0.15) is 6.07 Å². The van der Waals surface area contributed by atoms with Crippen LogP contribution in [0.4, 0.5) is 10.1 Å². The van der Waals surface area contributed by atoms with Gasteiger partial charge in [-0.3, -0.25) is 0 Å². The molecule has 4 heteroatoms. The minimum Gasteiger partial charge on any atom is -0.372 e. The van der Waals surface area contributed by atoms with Crippen molar-refractivity contribution in [2.45, 2.75) is 25.7 Å². The first kappa shape index (κ1) is 13.9. The fourth-order valence-corrected chi connectivity index (χ4v) is 4.39. The van der Waals surface area contributed by atoms with Gasteiger partial charge >= 0.3 is 0 Å². The quantitative estimate of drug-likeness (QED) is 0.821. The van der Waals surface area contributed by atoms with E-state index in [2.05, 4.69) is 15.9 Å². The molecule has 0 radical (unpaired) electrons. The Morgan fingerprint density at radius 1 is 1.40 bits per heavy atom. The summed E-state index contributed by atoms with van der Waals surface area (Å²) in [6.07, 6.45) is 5.41. The van der Waals surface area contributed by atoms with Gasteiger partial charge in [0, 0.05) is 13.6 Å². The highest BCUT2D eigenvalue weighted by Gasteiger charge is 2.39. The molecule has 0 aromatic heterocycles. The molecule has 2 bridgehead atoms. The Morgan fingerprint density at radius 2 is 2.20 bits per heavy atom. The van der Waals surface area contributed by atoms with Crippen LogP contribution in [-0.4, -0.2) is 13.6 Å². The average Bonchev–Trinajstić information content (AvgIpc) is 3.04. The number of fused-ring (bicyclic) bond motifs is 2. The van der Waals surface area contributed by atoms with Gasteiger partial charge in [-0.25, -0.2) is 4.39 Å². The second kappa shape index (κ2) is 5.37. The van der Waals surface area contributed by atoms with Gasteiger partial charge in [-0.05, 0) is 65.1 Å². The van der Waals surface area contributed by atoms with Crippen molar-refractivity contribution in [1.29, 1.82) is 5.26 Å². The molecular formula is C16H18BrFN2. The van der Waals surface area contributed by atoms with Crippen molar-refractivity contribution < 1.29 is 4.39 Å². The summed E-state index contributed by atoms with van der Waals surface area (Å²) in [5, 5.41) is 8.91. The van der Waals surface area contributed by atoms with Crippen LogP contribution in [0.3, 0.4) is 0 Å². The molecule has 0 heterocycles. The normalized spacial score (nSPS) is 27.6. The molecule has 106 valence electrons. The van der Waals surface area contributed by atoms with E-state index in [-0.39, 0.29) is 10.3 Å². The van der Waals surface area contributed by atoms with Crippen LogP contribution in [-0.2, 0) is 0 Å². The van der Waals surface area contributed by atoms with E-state index in [0.29, 0.717) is 17.2 Å². The second-order valence-electron chi connectivity index (χ2n) is 6.19. The highest BCUT2D eigenvalue weighted by Crippen LogP contribution is 2.48. The fraction of sp³-hybridized carbons (Fsp3) is 0.562. The number of nitrogens with zero attached hydrogens (tertiary/aromatic N) is 2. The summed E-state index contributed by atoms with van der Waals surface area (Å²) >= 11 is 3.18. The van der Waals surface area contributed by atoms with Crippen LogP contribution in [0.2, 0.25) is 0 Å². The molecule has 2 saturated carbocycles. The van der Waals surface area contributed by atoms with Crippen molar-refractivity contribution in [3.63, 3.8) is 0 Å². The lowest BCUT2D eigenvalue weighted by Gasteiger charge is -2.29. The number of anilines is 1. The van der Waals surface area contributed by atoms with Crippen LogP contribution >= 0.6 is 15.9 Å². The number of nitriles is 1. The van der Waals surface area contributed by atoms with E-state index in [1.807, 2.05) is 18.0 Å². The molecule has 1 aromatic rings. The van der Waals surface area contributed by atoms with Gasteiger partial charge in [-0.2, -0.15) is 5.26 Å². The summed E-state index contributed by atoms with van der Waals surface area (Å²) in [7, 11) is 1.95. The zero-order valence-corrected chi connectivity index (χ0v) is 13.2. The molecule has 0 amide bonds. The monoisotopic (exact) mass is 336 g/mol. The average molecular weight is 337 g/mol. The van der Waals surface area contributed by atoms with Crippen LogP contribution in [0, 0.1) is 34.9 Å². The van der Waals surface area contributed by atoms with Gasteiger partial charge in [0.2, 0.25) is 0 Å². The summed E-state index contributed by atoms with van der Waals surface area (Å²) < 4.78 is 14.6. The topological polar surface area (TPSA) is 27.0 Å². The van der Waals surface area contributed by atoms with Gasteiger partial charge in [0.05, 0.1) is 15.7 Å². The zero-order valence-electron chi connectivity index (χ0n) is 11.6. The van der Waals surface area contributed by atoms with E-state index in [4.69, 9.17) is 5.26 Å². The Kier molecular flexibility index (Phi) is 3.72. The third kappa shape index (κ3) is 2.33. The largest absolute Gasteiger partial charge is 0.372 e. The predicted octanol–water partition coefficient (Wildman–Crippen LogP) is 4.33. The van der Waals surface area contributed by atoms with Gasteiger partial charge in [0.25, 0.3) is 0 Å². The molecular weight excluding hydrogens is 319 g/mol. The maximum absolute atomic E-state index is 14.3. The van der Waals surface area contributed by atoms with Crippen molar-refractivity contribution in [2.75, 3.05) is 18.5 Å². The Morgan fingerprint density at radius 3 is 2.80 bits per heavy atom. The number of benzene rings is 1. The molecule has 0 N–H and O–H groups in total. The SMILES string of the molecule is CN(CC1CC2CCC1C2)c1ccc(C#N)c(Br)c1F. The van der Waals surface area contributed by atoms with Crippen molar-refractivity contribution >= 4 is 21.6 Å². The summed E-state index contributed by atoms with van der Waals surface area (Å²) in [5.41, 5.74) is 0.929. The highest BCUT2D eigenvalue weighted by molar-refractivity contribution is 9.10. The Bertz CT molecular complexity index is 566. The molecule has 1 aromatic carbocycles. The van der Waals surface area contributed by atoms with Crippen LogP contribution < -0.4 is 4.90 Å². The van der Waals surface area contributed by atoms with E-state index < -0.39 is 0 Å². The minimum absolute atomic E-state index is 0.275. The highest BCUT2D eigenvalue weighted by atomic mass is 79.9. The molecule has 0 aliphatic heterocycles. The Hall–Kier alpha value is -1.08. The maximum atomic E-state index is 14.3. The molecule has 3 atom stereocenters. The van der Waals surface area contributed by atoms with E-state index in [1.165, 1.54) is 25.7 Å². The first-order valence-corrected chi connectivity index (χ1v) is 7.98. The summed E-state index contributed by atoms with van der Waals surface area (Å²) in [6.45, 7) is 0.913. The predicted molar refractivity (Wildman–Crippen MR) is 81.0 cm³/mol. The third-order valence-electron chi connectivity index (χ3n) is 4.99. The summed E-state index contributed by atoms with van der Waals surface area (Å²) in [6, 6.07) is 5.39. The van der Waals surface area contributed by atoms with Gasteiger partial charge < -0.3 is 4.90 Å². The van der Waals surface area contributed by atoms with E-state index in [1.54, 1.807) is 12.1 Å². The molecule has 3 rings (SSSR count). The lowest BCUT2D eigenvalue weighted by Crippen LogP contribution is -2.29. The molecule has 2 aliphatic carbocycles. The summed E-state index contributed by atoms with van der Waals surface area (Å²) in [4.78, 5) is 2.01. The van der Waals surface area contributed by atoms with Crippen molar-refractivity contribution in [2.24, 2.45) is 17.8 Å². The molecule has 3 unspecified atom stereocenters. The standard InChI is InChI=1S/C16H18BrFN2/c1-20(9-13-7-10-2-3-11(13)6-10)14-5-4-12(8-19)15(17)16(14)18/h4-5,10-11,13H,2-3,6-7,9H2,1H3. The smallest absolute Gasteiger partial charge is 0.161 e. The molecule has 2 nitrogen and oxygen atoms in total. The first-order valence-electron chi connectivity index (χ1n) is 7.19. The van der Waals surface area contributed by atoms with Gasteiger partial charge in [-0.1, -0.05) is 6.42 Å². The Balaban J connectivity index is 1.76. The minimum atomic E-state index is -0.324. The van der Waals surface area contributed by atoms with Crippen LogP contribution in [0.25, 0.3) is 0 Å². The number of hydrogen-bond acceptors (Lipinski definition) is 2. The van der Waals surface area contributed by atoms with Gasteiger partial charge in [-0.15, -0.1) is 0 Å². The van der Waals surface area contributed by atoms with Crippen LogP contribution in [0.5, 0.6) is 0 Å². The van der Waals surface area contributed by atoms with Gasteiger partial charge in [0.15, 0.2) is 5.82 Å². The molecule has 0 spiro atoms. The molecule has 2 aliphatic rings. The van der Waals surface area contributed by atoms with Crippen molar-refractivity contribution in [1.82, 2.24) is 0 Å². The van der Waals surface area contributed by atoms with Crippen LogP contribution in [0.1, 0.15) is 31.2 Å². The number of hydrogen-bond donors (Lipinski definition) is 0. The maximum Gasteiger partial charge on any atom is 0.161 e. The first-order chi connectivity index (χ1) is 9.60. The van der Waals surface area contributed by atoms with Crippen molar-refractivity contribution in [3.05, 3.63) is 28.0 Å². The lowest BCUT2D eigenvalue weighted by molar-refractivity contribution is 0.337. The van der Waals surface area contributed by atoms with E-state index in [9.17, 15) is 4.39 Å². The number of rotatable bonds is 3.